The van der Waals surface area contributed by atoms with E-state index in [9.17, 15) is 0 Å². The van der Waals surface area contributed by atoms with Gasteiger partial charge in [-0.2, -0.15) is 4.98 Å². The van der Waals surface area contributed by atoms with E-state index < -0.39 is 0 Å². The second-order valence-electron chi connectivity index (χ2n) is 3.77. The van der Waals surface area contributed by atoms with E-state index in [2.05, 4.69) is 10.1 Å². The Morgan fingerprint density at radius 3 is 3.06 bits per heavy atom. The van der Waals surface area contributed by atoms with Crippen molar-refractivity contribution in [3.63, 3.8) is 0 Å². The average molecular weight is 233 g/mol. The van der Waals surface area contributed by atoms with E-state index in [4.69, 9.17) is 15.0 Å². The molecule has 1 heterocycles. The van der Waals surface area contributed by atoms with Crippen molar-refractivity contribution in [1.29, 1.82) is 0 Å². The molecule has 1 aromatic heterocycles. The lowest BCUT2D eigenvalue weighted by Crippen LogP contribution is -1.97. The average Bonchev–Trinajstić information content (AvgIpc) is 2.74. The molecular formula is C12H15N3O2. The molecule has 5 nitrogen and oxygen atoms in total. The first-order chi connectivity index (χ1) is 8.28. The van der Waals surface area contributed by atoms with Crippen molar-refractivity contribution < 1.29 is 9.26 Å². The van der Waals surface area contributed by atoms with Gasteiger partial charge in [-0.3, -0.25) is 0 Å². The molecular weight excluding hydrogens is 218 g/mol. The Bertz CT molecular complexity index is 482. The zero-order valence-corrected chi connectivity index (χ0v) is 9.72. The lowest BCUT2D eigenvalue weighted by atomic mass is 10.1. The summed E-state index contributed by atoms with van der Waals surface area (Å²) < 4.78 is 10.1. The minimum Gasteiger partial charge on any atom is -0.399 e. The van der Waals surface area contributed by atoms with Gasteiger partial charge in [-0.1, -0.05) is 17.3 Å². The first-order valence-corrected chi connectivity index (χ1v) is 5.43. The molecule has 5 heteroatoms. The summed E-state index contributed by atoms with van der Waals surface area (Å²) in [5, 5.41) is 3.87. The number of hydrogen-bond donors (Lipinski definition) is 1. The summed E-state index contributed by atoms with van der Waals surface area (Å²) in [7, 11) is 1.65. The third-order valence-electron chi connectivity index (χ3n) is 2.35. The highest BCUT2D eigenvalue weighted by Gasteiger charge is 2.07. The number of hydrogen-bond acceptors (Lipinski definition) is 5. The van der Waals surface area contributed by atoms with E-state index in [1.54, 1.807) is 7.11 Å². The van der Waals surface area contributed by atoms with Crippen LogP contribution in [-0.2, 0) is 17.6 Å². The Morgan fingerprint density at radius 1 is 1.41 bits per heavy atom. The quantitative estimate of drug-likeness (QED) is 0.791. The van der Waals surface area contributed by atoms with Gasteiger partial charge in [0.15, 0.2) is 5.82 Å². The van der Waals surface area contributed by atoms with Gasteiger partial charge in [0, 0.05) is 19.2 Å². The van der Waals surface area contributed by atoms with Gasteiger partial charge in [-0.25, -0.2) is 0 Å². The van der Waals surface area contributed by atoms with Gasteiger partial charge < -0.3 is 15.0 Å². The predicted octanol–water partition coefficient (Wildman–Crippen LogP) is 1.43. The van der Waals surface area contributed by atoms with Gasteiger partial charge in [-0.05, 0) is 17.7 Å². The molecule has 17 heavy (non-hydrogen) atoms. The van der Waals surface area contributed by atoms with Gasteiger partial charge in [-0.15, -0.1) is 0 Å². The summed E-state index contributed by atoms with van der Waals surface area (Å²) in [6.45, 7) is 0.595. The number of ether oxygens (including phenoxy) is 1. The number of nitrogens with zero attached hydrogens (tertiary/aromatic N) is 2. The molecule has 1 aromatic carbocycles. The summed E-state index contributed by atoms with van der Waals surface area (Å²) in [5.41, 5.74) is 7.50. The number of rotatable bonds is 5. The van der Waals surface area contributed by atoms with Gasteiger partial charge in [0.1, 0.15) is 0 Å². The lowest BCUT2D eigenvalue weighted by molar-refractivity contribution is 0.199. The number of anilines is 1. The maximum atomic E-state index is 5.70. The van der Waals surface area contributed by atoms with E-state index in [-0.39, 0.29) is 0 Å². The van der Waals surface area contributed by atoms with Gasteiger partial charge in [0.2, 0.25) is 5.89 Å². The van der Waals surface area contributed by atoms with Crippen molar-refractivity contribution in [3.8, 4) is 0 Å². The number of nitrogen functional groups attached to an aromatic ring is 1. The van der Waals surface area contributed by atoms with Crippen molar-refractivity contribution in [2.24, 2.45) is 0 Å². The highest BCUT2D eigenvalue weighted by atomic mass is 16.5. The minimum atomic E-state index is 0.595. The lowest BCUT2D eigenvalue weighted by Gasteiger charge is -1.97. The van der Waals surface area contributed by atoms with Crippen molar-refractivity contribution >= 4 is 5.69 Å². The third-order valence-corrected chi connectivity index (χ3v) is 2.35. The van der Waals surface area contributed by atoms with Crippen LogP contribution >= 0.6 is 0 Å². The van der Waals surface area contributed by atoms with E-state index >= 15 is 0 Å². The van der Waals surface area contributed by atoms with Crippen LogP contribution in [-0.4, -0.2) is 23.9 Å². The molecule has 0 saturated heterocycles. The Labute approximate surface area is 99.6 Å². The summed E-state index contributed by atoms with van der Waals surface area (Å²) in [6.07, 6.45) is 1.27. The summed E-state index contributed by atoms with van der Waals surface area (Å²) in [6, 6.07) is 7.64. The molecule has 0 bridgehead atoms. The summed E-state index contributed by atoms with van der Waals surface area (Å²) in [5.74, 6) is 1.27. The monoisotopic (exact) mass is 233 g/mol. The molecule has 0 aliphatic heterocycles. The second kappa shape index (κ2) is 5.45. The SMILES string of the molecule is COCCc1noc(Cc2cccc(N)c2)n1. The number of methoxy groups -OCH3 is 1. The van der Waals surface area contributed by atoms with Crippen LogP contribution in [0.4, 0.5) is 5.69 Å². The second-order valence-corrected chi connectivity index (χ2v) is 3.77. The molecule has 0 saturated carbocycles. The maximum Gasteiger partial charge on any atom is 0.231 e. The normalized spacial score (nSPS) is 10.6. The highest BCUT2D eigenvalue weighted by molar-refractivity contribution is 5.41. The molecule has 0 unspecified atom stereocenters. The first kappa shape index (κ1) is 11.6. The molecule has 0 aliphatic carbocycles. The minimum absolute atomic E-state index is 0.595. The fourth-order valence-corrected chi connectivity index (χ4v) is 1.53. The predicted molar refractivity (Wildman–Crippen MR) is 63.5 cm³/mol. The molecule has 0 atom stereocenters. The van der Waals surface area contributed by atoms with Crippen molar-refractivity contribution in [2.75, 3.05) is 19.5 Å². The zero-order chi connectivity index (χ0) is 12.1. The Morgan fingerprint density at radius 2 is 2.29 bits per heavy atom. The Hall–Kier alpha value is -1.88. The van der Waals surface area contributed by atoms with Crippen LogP contribution < -0.4 is 5.73 Å². The molecule has 2 N–H and O–H groups in total. The number of aromatic nitrogens is 2. The molecule has 90 valence electrons. The smallest absolute Gasteiger partial charge is 0.231 e. The van der Waals surface area contributed by atoms with Gasteiger partial charge in [0.25, 0.3) is 0 Å². The molecule has 0 amide bonds. The third kappa shape index (κ3) is 3.29. The molecule has 2 aromatic rings. The van der Waals surface area contributed by atoms with Crippen LogP contribution in [0.1, 0.15) is 17.3 Å². The highest BCUT2D eigenvalue weighted by Crippen LogP contribution is 2.11. The van der Waals surface area contributed by atoms with Crippen LogP contribution in [0, 0.1) is 0 Å². The number of nitrogens with two attached hydrogens (primary N) is 1. The standard InChI is InChI=1S/C12H15N3O2/c1-16-6-5-11-14-12(17-15-11)8-9-3-2-4-10(13)7-9/h2-4,7H,5-6,8,13H2,1H3. The Balaban J connectivity index is 2.01. The van der Waals surface area contributed by atoms with E-state index in [1.165, 1.54) is 0 Å². The largest absolute Gasteiger partial charge is 0.399 e. The van der Waals surface area contributed by atoms with Crippen molar-refractivity contribution in [2.45, 2.75) is 12.8 Å². The summed E-state index contributed by atoms with van der Waals surface area (Å²) >= 11 is 0. The molecule has 0 fully saturated rings. The van der Waals surface area contributed by atoms with Gasteiger partial charge >= 0.3 is 0 Å². The van der Waals surface area contributed by atoms with Crippen LogP contribution in [0.2, 0.25) is 0 Å². The summed E-state index contributed by atoms with van der Waals surface area (Å²) in [4.78, 5) is 4.27. The van der Waals surface area contributed by atoms with E-state index in [1.807, 2.05) is 24.3 Å². The van der Waals surface area contributed by atoms with Crippen molar-refractivity contribution in [1.82, 2.24) is 10.1 Å². The molecule has 0 aliphatic rings. The molecule has 0 spiro atoms. The fourth-order valence-electron chi connectivity index (χ4n) is 1.53. The topological polar surface area (TPSA) is 74.2 Å². The van der Waals surface area contributed by atoms with E-state index in [0.717, 1.165) is 11.3 Å². The Kier molecular flexibility index (Phi) is 3.72. The van der Waals surface area contributed by atoms with Crippen LogP contribution in [0.15, 0.2) is 28.8 Å². The molecule has 2 rings (SSSR count). The fraction of sp³-hybridized carbons (Fsp3) is 0.333. The van der Waals surface area contributed by atoms with E-state index in [0.29, 0.717) is 31.2 Å². The number of benzene rings is 1. The zero-order valence-electron chi connectivity index (χ0n) is 9.72. The van der Waals surface area contributed by atoms with Crippen LogP contribution in [0.25, 0.3) is 0 Å². The van der Waals surface area contributed by atoms with Crippen LogP contribution in [0.3, 0.4) is 0 Å². The van der Waals surface area contributed by atoms with Crippen molar-refractivity contribution in [3.05, 3.63) is 41.5 Å². The molecule has 0 radical (unpaired) electrons. The first-order valence-electron chi connectivity index (χ1n) is 5.43. The van der Waals surface area contributed by atoms with Gasteiger partial charge in [0.05, 0.1) is 13.0 Å². The van der Waals surface area contributed by atoms with Crippen LogP contribution in [0.5, 0.6) is 0 Å². The maximum absolute atomic E-state index is 5.70.